The second-order valence-corrected chi connectivity index (χ2v) is 14.4. The van der Waals surface area contributed by atoms with Gasteiger partial charge in [0.15, 0.2) is 0 Å². The van der Waals surface area contributed by atoms with Gasteiger partial charge in [-0.3, -0.25) is 19.2 Å². The van der Waals surface area contributed by atoms with Crippen LogP contribution in [0.4, 0.5) is 5.69 Å². The molecule has 1 N–H and O–H groups in total. The van der Waals surface area contributed by atoms with Crippen molar-refractivity contribution >= 4 is 52.7 Å². The standard InChI is InChI=1S/C34H44ClN5O5S/c1-21-6-7-28(15-29(21)35)40(33(44)25-8-12-38(13-9-25)24(4)41)11-5-10-37-16-26-18-39(19-27(26)17-37)34(45)32-22(2)14-30(36-23(32)3)46-20-31(42)43/h6-7,14-15,25-27H,5,8-13,16-20H2,1-4H3,(H,42,43). The van der Waals surface area contributed by atoms with Gasteiger partial charge in [-0.2, -0.15) is 0 Å². The Balaban J connectivity index is 1.16. The lowest BCUT2D eigenvalue weighted by molar-refractivity contribution is -0.134. The quantitative estimate of drug-likeness (QED) is 0.368. The fourth-order valence-corrected chi connectivity index (χ4v) is 8.06. The Hall–Kier alpha value is -3.15. The van der Waals surface area contributed by atoms with E-state index in [2.05, 4.69) is 9.88 Å². The smallest absolute Gasteiger partial charge is 0.313 e. The Morgan fingerprint density at radius 3 is 2.24 bits per heavy atom. The van der Waals surface area contributed by atoms with Crippen molar-refractivity contribution in [2.24, 2.45) is 17.8 Å². The Morgan fingerprint density at radius 1 is 0.978 bits per heavy atom. The lowest BCUT2D eigenvalue weighted by Crippen LogP contribution is -2.44. The molecule has 3 aliphatic heterocycles. The van der Waals surface area contributed by atoms with E-state index in [0.29, 0.717) is 78.7 Å². The topological polar surface area (TPSA) is 114 Å². The number of carbonyl (C=O) groups excluding carboxylic acids is 3. The number of piperidine rings is 1. The molecule has 0 aliphatic carbocycles. The van der Waals surface area contributed by atoms with Crippen LogP contribution in [0.1, 0.15) is 53.4 Å². The zero-order valence-corrected chi connectivity index (χ0v) is 28.7. The van der Waals surface area contributed by atoms with Gasteiger partial charge in [0, 0.05) is 69.4 Å². The first kappa shape index (κ1) is 34.2. The lowest BCUT2D eigenvalue weighted by Gasteiger charge is -2.34. The molecule has 1 aromatic heterocycles. The molecule has 5 rings (SSSR count). The van der Waals surface area contributed by atoms with E-state index >= 15 is 0 Å². The minimum Gasteiger partial charge on any atom is -0.481 e. The Bertz CT molecular complexity index is 1460. The van der Waals surface area contributed by atoms with Gasteiger partial charge in [0.2, 0.25) is 11.8 Å². The lowest BCUT2D eigenvalue weighted by atomic mass is 9.94. The van der Waals surface area contributed by atoms with Crippen LogP contribution in [-0.4, -0.2) is 107 Å². The zero-order valence-electron chi connectivity index (χ0n) is 27.1. The molecule has 3 fully saturated rings. The molecule has 0 radical (unpaired) electrons. The van der Waals surface area contributed by atoms with E-state index in [0.717, 1.165) is 54.6 Å². The molecule has 4 heterocycles. The van der Waals surface area contributed by atoms with Crippen molar-refractivity contribution in [1.82, 2.24) is 19.7 Å². The predicted molar refractivity (Wildman–Crippen MR) is 180 cm³/mol. The van der Waals surface area contributed by atoms with Crippen LogP contribution in [0.2, 0.25) is 5.02 Å². The molecule has 2 aromatic rings. The van der Waals surface area contributed by atoms with Crippen molar-refractivity contribution < 1.29 is 24.3 Å². The van der Waals surface area contributed by atoms with Crippen LogP contribution < -0.4 is 4.90 Å². The summed E-state index contributed by atoms with van der Waals surface area (Å²) >= 11 is 7.63. The zero-order chi connectivity index (χ0) is 33.1. The molecule has 46 heavy (non-hydrogen) atoms. The summed E-state index contributed by atoms with van der Waals surface area (Å²) in [6.45, 7) is 13.2. The summed E-state index contributed by atoms with van der Waals surface area (Å²) in [4.78, 5) is 62.7. The van der Waals surface area contributed by atoms with Crippen molar-refractivity contribution in [1.29, 1.82) is 0 Å². The van der Waals surface area contributed by atoms with Gasteiger partial charge in [-0.1, -0.05) is 29.4 Å². The first-order valence-electron chi connectivity index (χ1n) is 16.1. The Labute approximate surface area is 280 Å². The van der Waals surface area contributed by atoms with E-state index in [-0.39, 0.29) is 29.4 Å². The van der Waals surface area contributed by atoms with E-state index in [1.54, 1.807) is 13.0 Å². The Kier molecular flexibility index (Phi) is 11.0. The molecule has 3 saturated heterocycles. The highest BCUT2D eigenvalue weighted by atomic mass is 35.5. The summed E-state index contributed by atoms with van der Waals surface area (Å²) in [6, 6.07) is 7.61. The van der Waals surface area contributed by atoms with E-state index in [1.807, 2.05) is 53.7 Å². The molecule has 1 aromatic carbocycles. The summed E-state index contributed by atoms with van der Waals surface area (Å²) in [6.07, 6.45) is 2.16. The molecule has 12 heteroatoms. The van der Waals surface area contributed by atoms with Crippen molar-refractivity contribution in [3.8, 4) is 0 Å². The number of carbonyl (C=O) groups is 4. The molecule has 0 bridgehead atoms. The van der Waals surface area contributed by atoms with Gasteiger partial charge in [0.05, 0.1) is 22.0 Å². The summed E-state index contributed by atoms with van der Waals surface area (Å²) in [7, 11) is 0. The van der Waals surface area contributed by atoms with Crippen molar-refractivity contribution in [2.45, 2.75) is 52.0 Å². The molecule has 0 saturated carbocycles. The highest BCUT2D eigenvalue weighted by Gasteiger charge is 2.42. The number of aryl methyl sites for hydroxylation is 3. The average molecular weight is 670 g/mol. The molecule has 248 valence electrons. The number of thioether (sulfide) groups is 1. The molecular weight excluding hydrogens is 626 g/mol. The number of rotatable bonds is 10. The highest BCUT2D eigenvalue weighted by Crippen LogP contribution is 2.34. The number of aliphatic carboxylic acids is 1. The predicted octanol–water partition coefficient (Wildman–Crippen LogP) is 4.52. The first-order chi connectivity index (χ1) is 21.9. The van der Waals surface area contributed by atoms with Crippen LogP contribution in [0.25, 0.3) is 0 Å². The molecule has 3 amide bonds. The summed E-state index contributed by atoms with van der Waals surface area (Å²) in [5.41, 5.74) is 3.86. The van der Waals surface area contributed by atoms with Gasteiger partial charge < -0.3 is 24.7 Å². The van der Waals surface area contributed by atoms with E-state index in [9.17, 15) is 19.2 Å². The van der Waals surface area contributed by atoms with Crippen molar-refractivity contribution in [2.75, 3.05) is 63.0 Å². The second-order valence-electron chi connectivity index (χ2n) is 13.0. The summed E-state index contributed by atoms with van der Waals surface area (Å²) in [5, 5.41) is 10.2. The third-order valence-electron chi connectivity index (χ3n) is 9.66. The number of anilines is 1. The average Bonchev–Trinajstić information content (AvgIpc) is 3.58. The molecule has 0 spiro atoms. The fourth-order valence-electron chi connectivity index (χ4n) is 7.16. The number of pyridine rings is 1. The van der Waals surface area contributed by atoms with E-state index in [4.69, 9.17) is 16.7 Å². The number of benzene rings is 1. The van der Waals surface area contributed by atoms with E-state index in [1.165, 1.54) is 0 Å². The largest absolute Gasteiger partial charge is 0.481 e. The number of amides is 3. The van der Waals surface area contributed by atoms with Crippen molar-refractivity contribution in [3.63, 3.8) is 0 Å². The maximum atomic E-state index is 13.8. The van der Waals surface area contributed by atoms with Crippen LogP contribution in [0.5, 0.6) is 0 Å². The maximum absolute atomic E-state index is 13.8. The minimum atomic E-state index is -0.899. The monoisotopic (exact) mass is 669 g/mol. The van der Waals surface area contributed by atoms with Crippen LogP contribution in [0.15, 0.2) is 29.3 Å². The first-order valence-corrected chi connectivity index (χ1v) is 17.4. The molecule has 2 unspecified atom stereocenters. The number of carboxylic acid groups (broad SMARTS) is 1. The van der Waals surface area contributed by atoms with Crippen LogP contribution in [0, 0.1) is 38.5 Å². The SMILES string of the molecule is CC(=O)N1CCC(C(=O)N(CCCN2CC3CN(C(=O)c4c(C)cc(SCC(=O)O)nc4C)CC3C2)c2ccc(C)c(Cl)c2)CC1. The number of nitrogens with zero attached hydrogens (tertiary/aromatic N) is 5. The summed E-state index contributed by atoms with van der Waals surface area (Å²) in [5.74, 6) is -0.118. The highest BCUT2D eigenvalue weighted by molar-refractivity contribution is 7.99. The van der Waals surface area contributed by atoms with Gasteiger partial charge in [-0.25, -0.2) is 4.98 Å². The van der Waals surface area contributed by atoms with Gasteiger partial charge in [0.25, 0.3) is 5.91 Å². The molecular formula is C34H44ClN5O5S. The number of fused-ring (bicyclic) bond motifs is 1. The van der Waals surface area contributed by atoms with Gasteiger partial charge >= 0.3 is 5.97 Å². The number of likely N-dealkylation sites (tertiary alicyclic amines) is 3. The van der Waals surface area contributed by atoms with Crippen LogP contribution in [0.3, 0.4) is 0 Å². The van der Waals surface area contributed by atoms with Gasteiger partial charge in [-0.05, 0) is 87.7 Å². The second kappa shape index (κ2) is 14.7. The molecule has 10 nitrogen and oxygen atoms in total. The van der Waals surface area contributed by atoms with Crippen LogP contribution in [-0.2, 0) is 14.4 Å². The number of aromatic nitrogens is 1. The number of carboxylic acids is 1. The number of hydrogen-bond donors (Lipinski definition) is 1. The normalized spacial score (nSPS) is 20.2. The third-order valence-corrected chi connectivity index (χ3v) is 11.0. The van der Waals surface area contributed by atoms with E-state index < -0.39 is 5.97 Å². The fraction of sp³-hybridized carbons (Fsp3) is 0.559. The minimum absolute atomic E-state index is 0.00159. The number of halogens is 1. The van der Waals surface area contributed by atoms with Crippen molar-refractivity contribution in [3.05, 3.63) is 51.7 Å². The summed E-state index contributed by atoms with van der Waals surface area (Å²) < 4.78 is 0. The maximum Gasteiger partial charge on any atom is 0.313 e. The molecule has 2 atom stereocenters. The number of hydrogen-bond acceptors (Lipinski definition) is 7. The van der Waals surface area contributed by atoms with Crippen LogP contribution >= 0.6 is 23.4 Å². The Morgan fingerprint density at radius 2 is 1.65 bits per heavy atom. The van der Waals surface area contributed by atoms with Gasteiger partial charge in [0.1, 0.15) is 0 Å². The van der Waals surface area contributed by atoms with Gasteiger partial charge in [-0.15, -0.1) is 0 Å². The third kappa shape index (κ3) is 7.86. The molecule has 3 aliphatic rings.